The van der Waals surface area contributed by atoms with Crippen molar-refractivity contribution in [2.45, 2.75) is 50.9 Å². The van der Waals surface area contributed by atoms with Gasteiger partial charge in [-0.15, -0.1) is 0 Å². The van der Waals surface area contributed by atoms with Crippen molar-refractivity contribution in [1.82, 2.24) is 0 Å². The van der Waals surface area contributed by atoms with E-state index in [9.17, 15) is 0 Å². The first-order chi connectivity index (χ1) is 6.12. The van der Waals surface area contributed by atoms with Crippen LogP contribution in [0.25, 0.3) is 0 Å². The molecule has 0 radical (unpaired) electrons. The molecule has 74 valence electrons. The molecule has 0 bridgehead atoms. The summed E-state index contributed by atoms with van der Waals surface area (Å²) in [5, 5.41) is 0. The van der Waals surface area contributed by atoms with Crippen molar-refractivity contribution in [2.75, 3.05) is 6.61 Å². The summed E-state index contributed by atoms with van der Waals surface area (Å²) in [6.45, 7) is 5.08. The topological polar surface area (TPSA) is 18.5 Å². The molecule has 2 nitrogen and oxygen atoms in total. The molecule has 1 atom stereocenters. The molecule has 0 N–H and O–H groups in total. The van der Waals surface area contributed by atoms with Crippen LogP contribution in [0.1, 0.15) is 39.5 Å². The largest absolute Gasteiger partial charge is 0.346 e. The van der Waals surface area contributed by atoms with E-state index in [-0.39, 0.29) is 11.4 Å². The molecule has 2 heteroatoms. The van der Waals surface area contributed by atoms with Crippen molar-refractivity contribution in [3.8, 4) is 0 Å². The predicted molar refractivity (Wildman–Crippen MR) is 51.5 cm³/mol. The molecule has 0 aromatic heterocycles. The van der Waals surface area contributed by atoms with Gasteiger partial charge in [-0.25, -0.2) is 0 Å². The number of rotatable bonds is 0. The molecule has 2 heterocycles. The van der Waals surface area contributed by atoms with Gasteiger partial charge in [0.25, 0.3) is 0 Å². The van der Waals surface area contributed by atoms with Crippen LogP contribution in [0, 0.1) is 0 Å². The van der Waals surface area contributed by atoms with Gasteiger partial charge in [0.2, 0.25) is 0 Å². The van der Waals surface area contributed by atoms with Crippen LogP contribution in [0.2, 0.25) is 0 Å². The molecule has 1 spiro atoms. The minimum Gasteiger partial charge on any atom is -0.346 e. The summed E-state index contributed by atoms with van der Waals surface area (Å²) in [5.74, 6) is -0.389. The summed E-state index contributed by atoms with van der Waals surface area (Å²) < 4.78 is 11.7. The van der Waals surface area contributed by atoms with E-state index in [2.05, 4.69) is 26.0 Å². The zero-order valence-corrected chi connectivity index (χ0v) is 8.51. The van der Waals surface area contributed by atoms with Gasteiger partial charge in [0.15, 0.2) is 5.79 Å². The quantitative estimate of drug-likeness (QED) is 0.536. The molecule has 0 amide bonds. The summed E-state index contributed by atoms with van der Waals surface area (Å²) in [6, 6.07) is 0. The molecule has 2 rings (SSSR count). The third-order valence-electron chi connectivity index (χ3n) is 2.70. The minimum absolute atomic E-state index is 0.0634. The van der Waals surface area contributed by atoms with Crippen molar-refractivity contribution in [3.63, 3.8) is 0 Å². The van der Waals surface area contributed by atoms with Crippen molar-refractivity contribution in [2.24, 2.45) is 0 Å². The van der Waals surface area contributed by atoms with Gasteiger partial charge in [-0.3, -0.25) is 0 Å². The van der Waals surface area contributed by atoms with E-state index in [0.29, 0.717) is 0 Å². The molecule has 0 aromatic rings. The van der Waals surface area contributed by atoms with Gasteiger partial charge in [-0.05, 0) is 39.2 Å². The lowest BCUT2D eigenvalue weighted by molar-refractivity contribution is -0.273. The van der Waals surface area contributed by atoms with E-state index in [1.165, 1.54) is 12.8 Å². The maximum Gasteiger partial charge on any atom is 0.188 e. The molecule has 2 aliphatic rings. The molecule has 1 fully saturated rings. The molecule has 0 saturated carbocycles. The zero-order chi connectivity index (χ0) is 9.36. The van der Waals surface area contributed by atoms with Gasteiger partial charge in [-0.1, -0.05) is 6.08 Å². The number of ether oxygens (including phenoxy) is 2. The van der Waals surface area contributed by atoms with Crippen LogP contribution >= 0.6 is 0 Å². The second kappa shape index (κ2) is 3.10. The summed E-state index contributed by atoms with van der Waals surface area (Å²) >= 11 is 0. The van der Waals surface area contributed by atoms with Crippen LogP contribution in [-0.2, 0) is 9.47 Å². The van der Waals surface area contributed by atoms with Crippen LogP contribution in [0.4, 0.5) is 0 Å². The lowest BCUT2D eigenvalue weighted by atomic mass is 9.95. The molecule has 2 aliphatic heterocycles. The second-order valence-corrected chi connectivity index (χ2v) is 4.59. The molecule has 1 saturated heterocycles. The van der Waals surface area contributed by atoms with Gasteiger partial charge in [0.05, 0.1) is 12.2 Å². The van der Waals surface area contributed by atoms with Crippen LogP contribution in [-0.4, -0.2) is 18.0 Å². The Kier molecular flexibility index (Phi) is 2.20. The van der Waals surface area contributed by atoms with Crippen molar-refractivity contribution in [1.29, 1.82) is 0 Å². The van der Waals surface area contributed by atoms with E-state index in [1.54, 1.807) is 0 Å². The average molecular weight is 182 g/mol. The van der Waals surface area contributed by atoms with Crippen LogP contribution in [0.5, 0.6) is 0 Å². The fourth-order valence-electron chi connectivity index (χ4n) is 2.07. The number of hydrogen-bond acceptors (Lipinski definition) is 2. The SMILES string of the molecule is CC1(C)CC=CC2(CCCCO2)O1. The van der Waals surface area contributed by atoms with Crippen LogP contribution < -0.4 is 0 Å². The Morgan fingerprint density at radius 1 is 1.23 bits per heavy atom. The van der Waals surface area contributed by atoms with Gasteiger partial charge in [0, 0.05) is 6.42 Å². The summed E-state index contributed by atoms with van der Waals surface area (Å²) in [4.78, 5) is 0. The van der Waals surface area contributed by atoms with Crippen LogP contribution in [0.3, 0.4) is 0 Å². The highest BCUT2D eigenvalue weighted by molar-refractivity contribution is 5.05. The highest BCUT2D eigenvalue weighted by atomic mass is 16.7. The molecular formula is C11H18O2. The van der Waals surface area contributed by atoms with Gasteiger partial charge >= 0.3 is 0 Å². The zero-order valence-electron chi connectivity index (χ0n) is 8.51. The molecule has 1 unspecified atom stereocenters. The Morgan fingerprint density at radius 3 is 2.69 bits per heavy atom. The lowest BCUT2D eigenvalue weighted by Crippen LogP contribution is -2.46. The fourth-order valence-corrected chi connectivity index (χ4v) is 2.07. The summed E-state index contributed by atoms with van der Waals surface area (Å²) in [5.41, 5.74) is -0.0634. The molecule has 13 heavy (non-hydrogen) atoms. The maximum absolute atomic E-state index is 5.99. The Balaban J connectivity index is 2.13. The average Bonchev–Trinajstić information content (AvgIpc) is 2.03. The normalized spacial score (nSPS) is 38.0. The lowest BCUT2D eigenvalue weighted by Gasteiger charge is -2.43. The van der Waals surface area contributed by atoms with Crippen molar-refractivity contribution < 1.29 is 9.47 Å². The van der Waals surface area contributed by atoms with E-state index in [0.717, 1.165) is 19.4 Å². The maximum atomic E-state index is 5.99. The molecular weight excluding hydrogens is 164 g/mol. The Hall–Kier alpha value is -0.340. The van der Waals surface area contributed by atoms with Gasteiger partial charge in [0.1, 0.15) is 0 Å². The second-order valence-electron chi connectivity index (χ2n) is 4.59. The third kappa shape index (κ3) is 1.94. The van der Waals surface area contributed by atoms with E-state index < -0.39 is 0 Å². The monoisotopic (exact) mass is 182 g/mol. The first-order valence-corrected chi connectivity index (χ1v) is 5.14. The van der Waals surface area contributed by atoms with Gasteiger partial charge < -0.3 is 9.47 Å². The van der Waals surface area contributed by atoms with Crippen LogP contribution in [0.15, 0.2) is 12.2 Å². The minimum atomic E-state index is -0.389. The van der Waals surface area contributed by atoms with Crippen molar-refractivity contribution >= 4 is 0 Å². The Labute approximate surface area is 79.9 Å². The van der Waals surface area contributed by atoms with Gasteiger partial charge in [-0.2, -0.15) is 0 Å². The summed E-state index contributed by atoms with van der Waals surface area (Å²) in [6.07, 6.45) is 8.65. The highest BCUT2D eigenvalue weighted by Gasteiger charge is 2.39. The first-order valence-electron chi connectivity index (χ1n) is 5.14. The van der Waals surface area contributed by atoms with E-state index in [4.69, 9.17) is 9.47 Å². The van der Waals surface area contributed by atoms with E-state index in [1.807, 2.05) is 0 Å². The highest BCUT2D eigenvalue weighted by Crippen LogP contribution is 2.36. The van der Waals surface area contributed by atoms with Crippen molar-refractivity contribution in [3.05, 3.63) is 12.2 Å². The van der Waals surface area contributed by atoms with E-state index >= 15 is 0 Å². The molecule has 0 aliphatic carbocycles. The third-order valence-corrected chi connectivity index (χ3v) is 2.70. The number of hydrogen-bond donors (Lipinski definition) is 0. The standard InChI is InChI=1S/C11H18O2/c1-10(2)6-5-8-11(13-10)7-3-4-9-12-11/h5,8H,3-4,6-7,9H2,1-2H3. The smallest absolute Gasteiger partial charge is 0.188 e. The molecule has 0 aromatic carbocycles. The Bertz CT molecular complexity index is 212. The Morgan fingerprint density at radius 2 is 2.08 bits per heavy atom. The first kappa shape index (κ1) is 9.22. The predicted octanol–water partition coefficient (Wildman–Crippen LogP) is 2.64. The summed E-state index contributed by atoms with van der Waals surface area (Å²) in [7, 11) is 0. The fraction of sp³-hybridized carbons (Fsp3) is 0.818.